The lowest BCUT2D eigenvalue weighted by Crippen LogP contribution is -2.38. The predicted octanol–water partition coefficient (Wildman–Crippen LogP) is 3.15. The molecule has 3 nitrogen and oxygen atoms in total. The number of hydrogen-bond donors (Lipinski definition) is 0. The minimum absolute atomic E-state index is 0.0165. The molecular weight excluding hydrogens is 318 g/mol. The smallest absolute Gasteiger partial charge is 0.238 e. The van der Waals surface area contributed by atoms with Crippen LogP contribution in [-0.4, -0.2) is 11.8 Å². The molecule has 5 rings (SSSR count). The van der Waals surface area contributed by atoms with Gasteiger partial charge in [-0.05, 0) is 42.9 Å². The predicted molar refractivity (Wildman–Crippen MR) is 79.0 cm³/mol. The number of amides is 2. The second-order valence-electron chi connectivity index (χ2n) is 5.83. The van der Waals surface area contributed by atoms with Crippen molar-refractivity contribution < 1.29 is 9.59 Å². The van der Waals surface area contributed by atoms with E-state index in [0.29, 0.717) is 5.69 Å². The van der Waals surface area contributed by atoms with Crippen LogP contribution < -0.4 is 4.90 Å². The van der Waals surface area contributed by atoms with Crippen molar-refractivity contribution in [3.05, 3.63) is 40.9 Å². The molecule has 1 aromatic carbocycles. The van der Waals surface area contributed by atoms with Crippen LogP contribution in [0.3, 0.4) is 0 Å². The van der Waals surface area contributed by atoms with E-state index in [4.69, 9.17) is 0 Å². The Kier molecular flexibility index (Phi) is 2.64. The van der Waals surface area contributed by atoms with E-state index in [1.165, 1.54) is 4.90 Å². The maximum Gasteiger partial charge on any atom is 0.238 e. The summed E-state index contributed by atoms with van der Waals surface area (Å²) < 4.78 is 0.881. The van der Waals surface area contributed by atoms with Crippen LogP contribution >= 0.6 is 15.9 Å². The molecule has 1 heterocycles. The molecule has 0 radical (unpaired) electrons. The van der Waals surface area contributed by atoms with Gasteiger partial charge in [-0.25, -0.2) is 4.90 Å². The lowest BCUT2D eigenvalue weighted by atomic mass is 9.63. The van der Waals surface area contributed by atoms with Crippen molar-refractivity contribution >= 4 is 33.4 Å². The van der Waals surface area contributed by atoms with E-state index < -0.39 is 0 Å². The molecule has 0 aromatic heterocycles. The van der Waals surface area contributed by atoms with E-state index in [1.807, 2.05) is 24.3 Å². The number of allylic oxidation sites excluding steroid dienone is 2. The van der Waals surface area contributed by atoms with E-state index >= 15 is 0 Å². The highest BCUT2D eigenvalue weighted by atomic mass is 79.9. The van der Waals surface area contributed by atoms with Crippen LogP contribution in [-0.2, 0) is 9.59 Å². The lowest BCUT2D eigenvalue weighted by Gasteiger charge is -2.38. The van der Waals surface area contributed by atoms with Crippen LogP contribution in [0.5, 0.6) is 0 Å². The highest BCUT2D eigenvalue weighted by molar-refractivity contribution is 9.10. The first-order valence-electron chi connectivity index (χ1n) is 6.98. The average molecular weight is 332 g/mol. The Balaban J connectivity index is 1.77. The molecule has 1 aliphatic heterocycles. The Labute approximate surface area is 125 Å². The van der Waals surface area contributed by atoms with E-state index in [2.05, 4.69) is 28.1 Å². The Morgan fingerprint density at radius 2 is 1.60 bits per heavy atom. The minimum atomic E-state index is -0.134. The van der Waals surface area contributed by atoms with Crippen LogP contribution in [0.25, 0.3) is 0 Å². The molecule has 1 saturated heterocycles. The summed E-state index contributed by atoms with van der Waals surface area (Å²) in [5.74, 6) is 0.196. The van der Waals surface area contributed by atoms with Crippen molar-refractivity contribution in [2.45, 2.75) is 12.8 Å². The maximum atomic E-state index is 12.7. The molecule has 1 aromatic rings. The Hall–Kier alpha value is -1.42. The Morgan fingerprint density at radius 3 is 2.10 bits per heavy atom. The molecule has 0 N–H and O–H groups in total. The number of rotatable bonds is 1. The van der Waals surface area contributed by atoms with E-state index in [9.17, 15) is 9.59 Å². The zero-order valence-corrected chi connectivity index (χ0v) is 12.4. The first kappa shape index (κ1) is 12.3. The van der Waals surface area contributed by atoms with Crippen LogP contribution in [0.15, 0.2) is 40.9 Å². The van der Waals surface area contributed by atoms with Gasteiger partial charge in [0.25, 0.3) is 0 Å². The summed E-state index contributed by atoms with van der Waals surface area (Å²) in [5.41, 5.74) is 0.683. The molecule has 4 aliphatic rings. The van der Waals surface area contributed by atoms with E-state index in [-0.39, 0.29) is 35.5 Å². The molecule has 1 saturated carbocycles. The van der Waals surface area contributed by atoms with Crippen molar-refractivity contribution in [1.29, 1.82) is 0 Å². The molecule has 4 atom stereocenters. The van der Waals surface area contributed by atoms with E-state index in [1.54, 1.807) is 0 Å². The molecule has 0 spiro atoms. The standard InChI is InChI=1S/C16H14BrNO2/c17-11-2-1-3-12(8-11)18-15(19)13-9-4-5-10(7-6-9)14(13)16(18)20/h1-5,8-10,13-14H,6-7H2/t9-,10+,13-,14+. The highest BCUT2D eigenvalue weighted by Crippen LogP contribution is 2.50. The molecule has 102 valence electrons. The van der Waals surface area contributed by atoms with Crippen molar-refractivity contribution in [1.82, 2.24) is 0 Å². The topological polar surface area (TPSA) is 37.4 Å². The summed E-state index contributed by atoms with van der Waals surface area (Å²) in [5, 5.41) is 0. The second-order valence-corrected chi connectivity index (χ2v) is 6.75. The third-order valence-electron chi connectivity index (χ3n) is 4.83. The summed E-state index contributed by atoms with van der Waals surface area (Å²) in [6.45, 7) is 0. The van der Waals surface area contributed by atoms with Gasteiger partial charge in [-0.2, -0.15) is 0 Å². The van der Waals surface area contributed by atoms with Gasteiger partial charge < -0.3 is 0 Å². The van der Waals surface area contributed by atoms with Gasteiger partial charge in [-0.15, -0.1) is 0 Å². The van der Waals surface area contributed by atoms with Crippen molar-refractivity contribution in [3.8, 4) is 0 Å². The normalized spacial score (nSPS) is 34.8. The van der Waals surface area contributed by atoms with Crippen LogP contribution in [0.4, 0.5) is 5.69 Å². The number of hydrogen-bond acceptors (Lipinski definition) is 2. The molecule has 3 aliphatic carbocycles. The number of nitrogens with zero attached hydrogens (tertiary/aromatic N) is 1. The quantitative estimate of drug-likeness (QED) is 0.585. The fraction of sp³-hybridized carbons (Fsp3) is 0.375. The zero-order valence-electron chi connectivity index (χ0n) is 10.8. The van der Waals surface area contributed by atoms with Crippen molar-refractivity contribution in [3.63, 3.8) is 0 Å². The van der Waals surface area contributed by atoms with Gasteiger partial charge in [-0.1, -0.05) is 34.1 Å². The first-order chi connectivity index (χ1) is 9.66. The molecule has 2 bridgehead atoms. The van der Waals surface area contributed by atoms with E-state index in [0.717, 1.165) is 17.3 Å². The molecule has 0 unspecified atom stereocenters. The number of carbonyl (C=O) groups excluding carboxylic acids is 2. The zero-order chi connectivity index (χ0) is 13.9. The number of carbonyl (C=O) groups is 2. The van der Waals surface area contributed by atoms with Crippen LogP contribution in [0.2, 0.25) is 0 Å². The maximum absolute atomic E-state index is 12.7. The average Bonchev–Trinajstić information content (AvgIpc) is 2.74. The summed E-state index contributed by atoms with van der Waals surface area (Å²) in [6, 6.07) is 7.41. The Morgan fingerprint density at radius 1 is 1.00 bits per heavy atom. The van der Waals surface area contributed by atoms with Crippen LogP contribution in [0, 0.1) is 23.7 Å². The second kappa shape index (κ2) is 4.29. The molecule has 4 heteroatoms. The van der Waals surface area contributed by atoms with Crippen molar-refractivity contribution in [2.24, 2.45) is 23.7 Å². The largest absolute Gasteiger partial charge is 0.274 e. The summed E-state index contributed by atoms with van der Waals surface area (Å²) >= 11 is 3.40. The molecule has 2 fully saturated rings. The third-order valence-corrected chi connectivity index (χ3v) is 5.32. The van der Waals surface area contributed by atoms with Crippen molar-refractivity contribution in [2.75, 3.05) is 4.90 Å². The molecule has 2 amide bonds. The summed E-state index contributed by atoms with van der Waals surface area (Å²) in [7, 11) is 0. The summed E-state index contributed by atoms with van der Waals surface area (Å²) in [4.78, 5) is 26.8. The summed E-state index contributed by atoms with van der Waals surface area (Å²) in [6.07, 6.45) is 6.36. The first-order valence-corrected chi connectivity index (χ1v) is 7.78. The number of anilines is 1. The van der Waals surface area contributed by atoms with Gasteiger partial charge in [0.05, 0.1) is 17.5 Å². The Bertz CT molecular complexity index is 607. The monoisotopic (exact) mass is 331 g/mol. The SMILES string of the molecule is O=C1[C@@H]2[C@H](C(=O)N1c1cccc(Br)c1)[C@@H]1C=C[C@H]2CC1. The fourth-order valence-corrected chi connectivity index (χ4v) is 4.33. The number of imide groups is 1. The third kappa shape index (κ3) is 1.57. The van der Waals surface area contributed by atoms with Gasteiger partial charge in [0, 0.05) is 4.47 Å². The van der Waals surface area contributed by atoms with Gasteiger partial charge in [0.2, 0.25) is 11.8 Å². The highest BCUT2D eigenvalue weighted by Gasteiger charge is 2.56. The minimum Gasteiger partial charge on any atom is -0.274 e. The van der Waals surface area contributed by atoms with Gasteiger partial charge >= 0.3 is 0 Å². The van der Waals surface area contributed by atoms with Gasteiger partial charge in [0.15, 0.2) is 0 Å². The number of halogens is 1. The molecule has 20 heavy (non-hydrogen) atoms. The van der Waals surface area contributed by atoms with Gasteiger partial charge in [0.1, 0.15) is 0 Å². The lowest BCUT2D eigenvalue weighted by molar-refractivity contribution is -0.124. The van der Waals surface area contributed by atoms with Crippen LogP contribution in [0.1, 0.15) is 12.8 Å². The number of fused-ring (bicyclic) bond motifs is 1. The number of benzene rings is 1. The fourth-order valence-electron chi connectivity index (χ4n) is 3.94. The van der Waals surface area contributed by atoms with Gasteiger partial charge in [-0.3, -0.25) is 9.59 Å². The molecular formula is C16H14BrNO2.